The maximum absolute atomic E-state index is 13.0. The second kappa shape index (κ2) is 8.57. The summed E-state index contributed by atoms with van der Waals surface area (Å²) < 4.78 is 32.8. The number of carboxylic acids is 1. The van der Waals surface area contributed by atoms with E-state index < -0.39 is 21.6 Å². The molecule has 0 amide bonds. The number of aryl methyl sites for hydroxylation is 1. The molecule has 30 heavy (non-hydrogen) atoms. The molecule has 0 spiro atoms. The van der Waals surface area contributed by atoms with Crippen LogP contribution >= 0.6 is 0 Å². The van der Waals surface area contributed by atoms with Gasteiger partial charge in [-0.25, -0.2) is 23.2 Å². The number of nitrogens with zero attached hydrogens (tertiary/aromatic N) is 4. The third kappa shape index (κ3) is 4.71. The average Bonchev–Trinajstić information content (AvgIpc) is 2.74. The van der Waals surface area contributed by atoms with Crippen molar-refractivity contribution in [3.8, 4) is 5.75 Å². The first kappa shape index (κ1) is 22.0. The Morgan fingerprint density at radius 1 is 1.10 bits per heavy atom. The summed E-state index contributed by atoms with van der Waals surface area (Å²) in [5.41, 5.74) is -0.354. The van der Waals surface area contributed by atoms with Crippen LogP contribution in [-0.2, 0) is 21.2 Å². The third-order valence-electron chi connectivity index (χ3n) is 4.97. The molecule has 3 rings (SSSR count). The minimum absolute atomic E-state index is 0.139. The minimum atomic E-state index is -3.66. The summed E-state index contributed by atoms with van der Waals surface area (Å²) in [4.78, 5) is 22.0. The lowest BCUT2D eigenvalue weighted by atomic mass is 10.1. The van der Waals surface area contributed by atoms with Gasteiger partial charge in [-0.2, -0.15) is 4.31 Å². The maximum Gasteiger partial charge on any atom is 0.347 e. The number of rotatable bonds is 7. The highest BCUT2D eigenvalue weighted by molar-refractivity contribution is 7.89. The van der Waals surface area contributed by atoms with E-state index in [0.29, 0.717) is 37.9 Å². The average molecular weight is 435 g/mol. The van der Waals surface area contributed by atoms with Crippen LogP contribution in [0.25, 0.3) is 0 Å². The van der Waals surface area contributed by atoms with Crippen molar-refractivity contribution < 1.29 is 23.1 Å². The van der Waals surface area contributed by atoms with Gasteiger partial charge in [0.05, 0.1) is 4.90 Å². The molecule has 1 aromatic heterocycles. The van der Waals surface area contributed by atoms with Crippen LogP contribution in [0.4, 0.5) is 5.95 Å². The van der Waals surface area contributed by atoms with Crippen molar-refractivity contribution in [2.75, 3.05) is 31.1 Å². The number of benzene rings is 1. The highest BCUT2D eigenvalue weighted by Crippen LogP contribution is 2.24. The van der Waals surface area contributed by atoms with Crippen LogP contribution in [0, 0.1) is 0 Å². The number of carbonyl (C=O) groups is 1. The lowest BCUT2D eigenvalue weighted by molar-refractivity contribution is -0.152. The van der Waals surface area contributed by atoms with Crippen molar-refractivity contribution in [1.29, 1.82) is 0 Å². The predicted octanol–water partition coefficient (Wildman–Crippen LogP) is 1.79. The van der Waals surface area contributed by atoms with E-state index in [4.69, 9.17) is 9.84 Å². The number of anilines is 1. The molecular formula is C20H26N4O5S. The van der Waals surface area contributed by atoms with Crippen LogP contribution in [0.3, 0.4) is 0 Å². The van der Waals surface area contributed by atoms with Crippen molar-refractivity contribution in [1.82, 2.24) is 14.3 Å². The molecule has 1 aromatic carbocycles. The molecule has 2 aromatic rings. The number of aromatic nitrogens is 2. The van der Waals surface area contributed by atoms with Crippen LogP contribution in [0.1, 0.15) is 26.3 Å². The van der Waals surface area contributed by atoms with Gasteiger partial charge in [-0.05, 0) is 50.1 Å². The van der Waals surface area contributed by atoms with E-state index in [9.17, 15) is 13.2 Å². The third-order valence-corrected chi connectivity index (χ3v) is 6.88. The molecule has 0 aliphatic carbocycles. The lowest BCUT2D eigenvalue weighted by Crippen LogP contribution is -2.49. The zero-order valence-corrected chi connectivity index (χ0v) is 18.1. The first-order valence-corrected chi connectivity index (χ1v) is 11.2. The van der Waals surface area contributed by atoms with Crippen LogP contribution < -0.4 is 9.64 Å². The topological polar surface area (TPSA) is 113 Å². The van der Waals surface area contributed by atoms with E-state index in [0.717, 1.165) is 12.0 Å². The van der Waals surface area contributed by atoms with Crippen LogP contribution in [0.5, 0.6) is 5.75 Å². The highest BCUT2D eigenvalue weighted by Gasteiger charge is 2.31. The number of piperazine rings is 1. The molecule has 1 saturated heterocycles. The summed E-state index contributed by atoms with van der Waals surface area (Å²) in [5.74, 6) is -0.212. The molecule has 10 heteroatoms. The van der Waals surface area contributed by atoms with Crippen molar-refractivity contribution in [2.24, 2.45) is 0 Å². The molecule has 0 bridgehead atoms. The molecule has 0 saturated carbocycles. The van der Waals surface area contributed by atoms with Crippen molar-refractivity contribution >= 4 is 21.9 Å². The monoisotopic (exact) mass is 434 g/mol. The van der Waals surface area contributed by atoms with Gasteiger partial charge in [0.2, 0.25) is 16.0 Å². The van der Waals surface area contributed by atoms with Crippen molar-refractivity contribution in [2.45, 2.75) is 37.7 Å². The SMILES string of the molecule is CCc1cnc(N2CCN(S(=O)(=O)c3ccc(OC(C)(C)C(=O)O)cc3)CC2)nc1. The Morgan fingerprint density at radius 2 is 1.67 bits per heavy atom. The Hall–Kier alpha value is -2.72. The van der Waals surface area contributed by atoms with Crippen LogP contribution in [0.2, 0.25) is 0 Å². The summed E-state index contributed by atoms with van der Waals surface area (Å²) in [6.07, 6.45) is 4.45. The molecule has 0 unspecified atom stereocenters. The molecule has 1 aliphatic rings. The Balaban J connectivity index is 1.65. The van der Waals surface area contributed by atoms with Crippen LogP contribution in [-0.4, -0.2) is 65.5 Å². The van der Waals surface area contributed by atoms with Crippen LogP contribution in [0.15, 0.2) is 41.6 Å². The van der Waals surface area contributed by atoms with E-state index in [1.807, 2.05) is 11.8 Å². The van der Waals surface area contributed by atoms with Gasteiger partial charge in [0.1, 0.15) is 5.75 Å². The minimum Gasteiger partial charge on any atom is -0.478 e. The molecule has 1 N–H and O–H groups in total. The van der Waals surface area contributed by atoms with Gasteiger partial charge >= 0.3 is 5.97 Å². The summed E-state index contributed by atoms with van der Waals surface area (Å²) in [5, 5.41) is 9.15. The van der Waals surface area contributed by atoms with E-state index in [2.05, 4.69) is 9.97 Å². The summed E-state index contributed by atoms with van der Waals surface area (Å²) in [6, 6.07) is 5.80. The van der Waals surface area contributed by atoms with E-state index in [1.54, 1.807) is 12.4 Å². The number of sulfonamides is 1. The van der Waals surface area contributed by atoms with Crippen molar-refractivity contribution in [3.63, 3.8) is 0 Å². The summed E-state index contributed by atoms with van der Waals surface area (Å²) in [6.45, 7) is 6.54. The molecule has 2 heterocycles. The van der Waals surface area contributed by atoms with Gasteiger partial charge in [0, 0.05) is 38.6 Å². The Labute approximate surface area is 176 Å². The smallest absolute Gasteiger partial charge is 0.347 e. The fourth-order valence-electron chi connectivity index (χ4n) is 2.99. The zero-order valence-electron chi connectivity index (χ0n) is 17.3. The molecular weight excluding hydrogens is 408 g/mol. The first-order chi connectivity index (χ1) is 14.1. The number of hydrogen-bond donors (Lipinski definition) is 1. The fourth-order valence-corrected chi connectivity index (χ4v) is 4.41. The van der Waals surface area contributed by atoms with Gasteiger partial charge < -0.3 is 14.7 Å². The largest absolute Gasteiger partial charge is 0.478 e. The Kier molecular flexibility index (Phi) is 6.27. The first-order valence-electron chi connectivity index (χ1n) is 9.72. The second-order valence-corrected chi connectivity index (χ2v) is 9.46. The standard InChI is InChI=1S/C20H26N4O5S/c1-4-15-13-21-19(22-14-15)23-9-11-24(12-10-23)30(27,28)17-7-5-16(6-8-17)29-20(2,3)18(25)26/h5-8,13-14H,4,9-12H2,1-3H3,(H,25,26). The Bertz CT molecular complexity index is 983. The molecule has 0 atom stereocenters. The fraction of sp³-hybridized carbons (Fsp3) is 0.450. The molecule has 162 valence electrons. The van der Waals surface area contributed by atoms with Gasteiger partial charge in [0.15, 0.2) is 5.60 Å². The normalized spacial score (nSPS) is 15.8. The zero-order chi connectivity index (χ0) is 21.9. The van der Waals surface area contributed by atoms with E-state index in [1.165, 1.54) is 42.4 Å². The number of carboxylic acid groups (broad SMARTS) is 1. The number of ether oxygens (including phenoxy) is 1. The summed E-state index contributed by atoms with van der Waals surface area (Å²) in [7, 11) is -3.66. The predicted molar refractivity (Wildman–Crippen MR) is 111 cm³/mol. The van der Waals surface area contributed by atoms with E-state index >= 15 is 0 Å². The Morgan fingerprint density at radius 3 is 2.17 bits per heavy atom. The quantitative estimate of drug-likeness (QED) is 0.702. The van der Waals surface area contributed by atoms with Gasteiger partial charge in [0.25, 0.3) is 0 Å². The summed E-state index contributed by atoms with van der Waals surface area (Å²) >= 11 is 0. The maximum atomic E-state index is 13.0. The highest BCUT2D eigenvalue weighted by atomic mass is 32.2. The lowest BCUT2D eigenvalue weighted by Gasteiger charge is -2.34. The van der Waals surface area contributed by atoms with Crippen molar-refractivity contribution in [3.05, 3.63) is 42.2 Å². The number of aliphatic carboxylic acids is 1. The molecule has 9 nitrogen and oxygen atoms in total. The van der Waals surface area contributed by atoms with Gasteiger partial charge in [-0.3, -0.25) is 0 Å². The van der Waals surface area contributed by atoms with E-state index in [-0.39, 0.29) is 4.90 Å². The second-order valence-electron chi connectivity index (χ2n) is 7.52. The van der Waals surface area contributed by atoms with Gasteiger partial charge in [-0.1, -0.05) is 6.92 Å². The molecule has 0 radical (unpaired) electrons. The molecule has 1 aliphatic heterocycles. The number of hydrogen-bond acceptors (Lipinski definition) is 7. The van der Waals surface area contributed by atoms with Gasteiger partial charge in [-0.15, -0.1) is 0 Å². The molecule has 1 fully saturated rings.